The summed E-state index contributed by atoms with van der Waals surface area (Å²) in [6, 6.07) is 14.8. The fourth-order valence-corrected chi connectivity index (χ4v) is 4.89. The van der Waals surface area contributed by atoms with Gasteiger partial charge in [-0.15, -0.1) is 34.4 Å². The molecule has 5 rings (SSSR count). The molecule has 8 heteroatoms. The molecule has 0 N–H and O–H groups in total. The van der Waals surface area contributed by atoms with E-state index in [4.69, 9.17) is 4.74 Å². The molecule has 1 aliphatic rings. The van der Waals surface area contributed by atoms with Crippen LogP contribution in [0.4, 0.5) is 0 Å². The number of hydrogen-bond donors (Lipinski definition) is 0. The molecule has 7 nitrogen and oxygen atoms in total. The molecule has 2 aromatic carbocycles. The van der Waals surface area contributed by atoms with E-state index in [1.54, 1.807) is 0 Å². The second-order valence-electron chi connectivity index (χ2n) is 10.2. The predicted octanol–water partition coefficient (Wildman–Crippen LogP) is 7.13. The van der Waals surface area contributed by atoms with Gasteiger partial charge in [-0.05, 0) is 12.8 Å². The smallest absolute Gasteiger partial charge is 0.497 e. The zero-order valence-electron chi connectivity index (χ0n) is 22.4. The van der Waals surface area contributed by atoms with E-state index >= 15 is 0 Å². The van der Waals surface area contributed by atoms with Crippen LogP contribution in [0.15, 0.2) is 36.7 Å². The Hall–Kier alpha value is -2.79. The summed E-state index contributed by atoms with van der Waals surface area (Å²) in [5.41, 5.74) is 5.53. The molecule has 202 valence electrons. The standard InChI is InChI=1S/C30H36N6O.Pt/c1-23-15-25-19-27(17-23)37-28-18-24(2)16-26(20-28)30-22-36(34-32-30)14-12-10-8-6-4-3-5-7-9-11-13-35-21-29(25)31-33-35;/h15-18,21-22H,3-14H2,1-2H3;/q-2;+2. The molecule has 0 fully saturated rings. The molecule has 2 aromatic heterocycles. The van der Waals surface area contributed by atoms with E-state index in [-0.39, 0.29) is 21.1 Å². The normalized spacial score (nSPS) is 15.4. The van der Waals surface area contributed by atoms with Gasteiger partial charge in [0, 0.05) is 48.4 Å². The van der Waals surface area contributed by atoms with Crippen molar-refractivity contribution in [2.24, 2.45) is 0 Å². The van der Waals surface area contributed by atoms with Crippen LogP contribution < -0.4 is 4.74 Å². The van der Waals surface area contributed by atoms with Crippen molar-refractivity contribution in [1.29, 1.82) is 0 Å². The van der Waals surface area contributed by atoms with Crippen LogP contribution in [0.2, 0.25) is 0 Å². The second kappa shape index (κ2) is 13.8. The number of fused-ring (bicyclic) bond motifs is 10. The number of ether oxygens (including phenoxy) is 1. The summed E-state index contributed by atoms with van der Waals surface area (Å²) in [7, 11) is 0. The fraction of sp³-hybridized carbons (Fsp3) is 0.467. The van der Waals surface area contributed by atoms with Crippen molar-refractivity contribution < 1.29 is 25.8 Å². The molecule has 0 saturated carbocycles. The van der Waals surface area contributed by atoms with E-state index in [9.17, 15) is 0 Å². The van der Waals surface area contributed by atoms with Gasteiger partial charge in [-0.3, -0.25) is 9.36 Å². The maximum absolute atomic E-state index is 6.25. The van der Waals surface area contributed by atoms with Crippen molar-refractivity contribution in [3.05, 3.63) is 59.9 Å². The molecule has 0 saturated heterocycles. The van der Waals surface area contributed by atoms with Crippen LogP contribution in [-0.2, 0) is 34.2 Å². The quantitative estimate of drug-likeness (QED) is 0.184. The minimum Gasteiger partial charge on any atom is -0.497 e. The Labute approximate surface area is 240 Å². The third-order valence-electron chi connectivity index (χ3n) is 6.85. The van der Waals surface area contributed by atoms with Gasteiger partial charge in [0.15, 0.2) is 0 Å². The average Bonchev–Trinajstić information content (AvgIpc) is 3.54. The van der Waals surface area contributed by atoms with E-state index in [0.29, 0.717) is 11.5 Å². The summed E-state index contributed by atoms with van der Waals surface area (Å²) in [6.07, 6.45) is 16.6. The number of benzene rings is 2. The van der Waals surface area contributed by atoms with Crippen LogP contribution in [-0.4, -0.2) is 30.0 Å². The van der Waals surface area contributed by atoms with Crippen LogP contribution >= 0.6 is 0 Å². The number of hydrogen-bond acceptors (Lipinski definition) is 5. The first-order valence-electron chi connectivity index (χ1n) is 13.7. The van der Waals surface area contributed by atoms with Gasteiger partial charge in [0.25, 0.3) is 0 Å². The predicted molar refractivity (Wildman–Crippen MR) is 144 cm³/mol. The van der Waals surface area contributed by atoms with Gasteiger partial charge >= 0.3 is 21.1 Å². The Morgan fingerprint density at radius 1 is 0.605 bits per heavy atom. The van der Waals surface area contributed by atoms with Crippen molar-refractivity contribution in [2.75, 3.05) is 0 Å². The molecule has 1 aliphatic heterocycles. The van der Waals surface area contributed by atoms with E-state index in [0.717, 1.165) is 59.6 Å². The molecule has 0 aliphatic carbocycles. The first kappa shape index (κ1) is 28.2. The van der Waals surface area contributed by atoms with Crippen LogP contribution in [0.3, 0.4) is 0 Å². The molecule has 0 amide bonds. The molecule has 38 heavy (non-hydrogen) atoms. The maximum atomic E-state index is 6.25. The summed E-state index contributed by atoms with van der Waals surface area (Å²) < 4.78 is 10.1. The third-order valence-corrected chi connectivity index (χ3v) is 6.85. The van der Waals surface area contributed by atoms with Crippen molar-refractivity contribution in [3.63, 3.8) is 0 Å². The molecule has 8 bridgehead atoms. The molecule has 3 heterocycles. The third kappa shape index (κ3) is 7.86. The van der Waals surface area contributed by atoms with Gasteiger partial charge < -0.3 is 4.74 Å². The first-order chi connectivity index (χ1) is 18.1. The Morgan fingerprint density at radius 3 is 1.42 bits per heavy atom. The SMILES string of the molecule is Cc1cc2[c-]c(c1)-c1cn(nn1)CCCCCCCCCCCCn1cc(nn1)-c1[c-]c(cc(C)c1)O2.[Pt+2]. The minimum atomic E-state index is 0. The number of aryl methyl sites for hydroxylation is 4. The van der Waals surface area contributed by atoms with E-state index in [1.807, 2.05) is 33.9 Å². The minimum absolute atomic E-state index is 0. The van der Waals surface area contributed by atoms with Crippen LogP contribution in [0, 0.1) is 26.0 Å². The summed E-state index contributed by atoms with van der Waals surface area (Å²) in [5, 5.41) is 17.5. The number of rotatable bonds is 0. The Kier molecular flexibility index (Phi) is 10.3. The van der Waals surface area contributed by atoms with Gasteiger partial charge in [0.05, 0.1) is 0 Å². The van der Waals surface area contributed by atoms with Crippen molar-refractivity contribution >= 4 is 0 Å². The average molecular weight is 692 g/mol. The molecule has 0 spiro atoms. The van der Waals surface area contributed by atoms with Gasteiger partial charge in [0.2, 0.25) is 0 Å². The van der Waals surface area contributed by atoms with Crippen LogP contribution in [0.25, 0.3) is 22.5 Å². The van der Waals surface area contributed by atoms with E-state index in [1.165, 1.54) is 51.4 Å². The molecular formula is C30H36N6OPt. The van der Waals surface area contributed by atoms with Crippen molar-refractivity contribution in [3.8, 4) is 34.0 Å². The van der Waals surface area contributed by atoms with Gasteiger partial charge in [0.1, 0.15) is 0 Å². The molecule has 0 radical (unpaired) electrons. The molecule has 0 unspecified atom stereocenters. The van der Waals surface area contributed by atoms with Crippen LogP contribution in [0.1, 0.15) is 75.3 Å². The second-order valence-corrected chi connectivity index (χ2v) is 10.2. The van der Waals surface area contributed by atoms with Gasteiger partial charge in [-0.2, -0.15) is 10.2 Å². The summed E-state index contributed by atoms with van der Waals surface area (Å²) in [6.45, 7) is 5.89. The van der Waals surface area contributed by atoms with E-state index < -0.39 is 0 Å². The largest absolute Gasteiger partial charge is 2.00 e. The molecular weight excluding hydrogens is 655 g/mol. The molecule has 0 atom stereocenters. The monoisotopic (exact) mass is 691 g/mol. The fourth-order valence-electron chi connectivity index (χ4n) is 4.89. The Morgan fingerprint density at radius 2 is 1.00 bits per heavy atom. The zero-order chi connectivity index (χ0) is 25.5. The molecule has 4 aromatic rings. The van der Waals surface area contributed by atoms with Crippen LogP contribution in [0.5, 0.6) is 11.5 Å². The first-order valence-corrected chi connectivity index (χ1v) is 13.7. The Bertz CT molecular complexity index is 1210. The summed E-state index contributed by atoms with van der Waals surface area (Å²) in [5.74, 6) is 1.26. The van der Waals surface area contributed by atoms with Gasteiger partial charge in [-0.25, -0.2) is 0 Å². The summed E-state index contributed by atoms with van der Waals surface area (Å²) in [4.78, 5) is 0. The van der Waals surface area contributed by atoms with E-state index in [2.05, 4.69) is 58.7 Å². The number of nitrogens with zero attached hydrogens (tertiary/aromatic N) is 6. The Balaban J connectivity index is 0.00000336. The van der Waals surface area contributed by atoms with Crippen molar-refractivity contribution in [1.82, 2.24) is 30.0 Å². The zero-order valence-corrected chi connectivity index (χ0v) is 24.6. The van der Waals surface area contributed by atoms with Crippen molar-refractivity contribution in [2.45, 2.75) is 91.1 Å². The van der Waals surface area contributed by atoms with Gasteiger partial charge in [-0.1, -0.05) is 99.9 Å². The number of aromatic nitrogens is 6. The topological polar surface area (TPSA) is 70.7 Å². The maximum Gasteiger partial charge on any atom is 2.00 e. The summed E-state index contributed by atoms with van der Waals surface area (Å²) >= 11 is 0.